The second-order valence-electron chi connectivity index (χ2n) is 7.17. The minimum Gasteiger partial charge on any atom is -0.454 e. The summed E-state index contributed by atoms with van der Waals surface area (Å²) < 4.78 is 16.6. The molecule has 1 atom stereocenters. The van der Waals surface area contributed by atoms with Crippen molar-refractivity contribution in [1.29, 1.82) is 0 Å². The molecule has 0 saturated carbocycles. The van der Waals surface area contributed by atoms with Crippen LogP contribution in [0.15, 0.2) is 52.7 Å². The number of benzene rings is 2. The van der Waals surface area contributed by atoms with Crippen molar-refractivity contribution < 1.29 is 14.0 Å². The van der Waals surface area contributed by atoms with Crippen LogP contribution in [0.3, 0.4) is 0 Å². The molecule has 31 heavy (non-hydrogen) atoms. The van der Waals surface area contributed by atoms with Crippen molar-refractivity contribution in [3.8, 4) is 22.9 Å². The van der Waals surface area contributed by atoms with Gasteiger partial charge >= 0.3 is 0 Å². The largest absolute Gasteiger partial charge is 0.454 e. The monoisotopic (exact) mass is 454 g/mol. The van der Waals surface area contributed by atoms with Crippen LogP contribution in [-0.2, 0) is 0 Å². The first-order valence-corrected chi connectivity index (χ1v) is 10.6. The maximum Gasteiger partial charge on any atom is 0.258 e. The lowest BCUT2D eigenvalue weighted by molar-refractivity contribution is 0.174. The number of thiocarbonyl (C=S) groups is 1. The van der Waals surface area contributed by atoms with Gasteiger partial charge in [0.15, 0.2) is 16.6 Å². The summed E-state index contributed by atoms with van der Waals surface area (Å²) in [6.07, 6.45) is 0. The molecule has 1 unspecified atom stereocenters. The van der Waals surface area contributed by atoms with E-state index in [9.17, 15) is 0 Å². The highest BCUT2D eigenvalue weighted by Crippen LogP contribution is 2.39. The fourth-order valence-electron chi connectivity index (χ4n) is 3.86. The van der Waals surface area contributed by atoms with Crippen LogP contribution < -0.4 is 14.8 Å². The lowest BCUT2D eigenvalue weighted by atomic mass is 9.95. The van der Waals surface area contributed by atoms with E-state index in [-0.39, 0.29) is 12.8 Å². The topological polar surface area (TPSA) is 72.7 Å². The van der Waals surface area contributed by atoms with Gasteiger partial charge in [0.2, 0.25) is 12.6 Å². The normalized spacial score (nSPS) is 17.8. The number of rotatable bonds is 4. The average molecular weight is 455 g/mol. The second kappa shape index (κ2) is 7.86. The number of ether oxygens (including phenoxy) is 2. The van der Waals surface area contributed by atoms with Gasteiger partial charge in [-0.2, -0.15) is 4.98 Å². The molecule has 0 spiro atoms. The Morgan fingerprint density at radius 3 is 2.84 bits per heavy atom. The minimum absolute atomic E-state index is 0.210. The standard InChI is InChI=1S/C22H19ClN4O3S/c1-3-27-12(2)18(19(24-22(27)31)13-5-4-6-15(23)9-13)21-25-20(26-30-21)14-7-8-16-17(10-14)29-11-28-16/h4-10,19H,3,11H2,1-2H3,(H,24,31). The number of allylic oxidation sites excluding steroid dienone is 1. The predicted octanol–water partition coefficient (Wildman–Crippen LogP) is 4.80. The van der Waals surface area contributed by atoms with Gasteiger partial charge in [-0.15, -0.1) is 0 Å². The van der Waals surface area contributed by atoms with Crippen LogP contribution in [0, 0.1) is 0 Å². The molecule has 7 nitrogen and oxygen atoms in total. The zero-order chi connectivity index (χ0) is 21.5. The molecule has 0 fully saturated rings. The smallest absolute Gasteiger partial charge is 0.258 e. The first-order chi connectivity index (χ1) is 15.0. The average Bonchev–Trinajstić information content (AvgIpc) is 3.42. The van der Waals surface area contributed by atoms with Crippen LogP contribution in [0.2, 0.25) is 5.02 Å². The summed E-state index contributed by atoms with van der Waals surface area (Å²) in [6.45, 7) is 4.98. The molecule has 2 aromatic carbocycles. The second-order valence-corrected chi connectivity index (χ2v) is 8.00. The Balaban J connectivity index is 1.59. The first kappa shape index (κ1) is 19.8. The Kier molecular flexibility index (Phi) is 5.03. The van der Waals surface area contributed by atoms with Crippen molar-refractivity contribution >= 4 is 34.5 Å². The maximum absolute atomic E-state index is 6.26. The molecule has 1 aromatic heterocycles. The van der Waals surface area contributed by atoms with Crippen LogP contribution in [0.1, 0.15) is 31.3 Å². The molecule has 9 heteroatoms. The summed E-state index contributed by atoms with van der Waals surface area (Å²) in [7, 11) is 0. The van der Waals surface area contributed by atoms with Crippen molar-refractivity contribution in [2.24, 2.45) is 0 Å². The van der Waals surface area contributed by atoms with Crippen LogP contribution in [-0.4, -0.2) is 33.5 Å². The van der Waals surface area contributed by atoms with Gasteiger partial charge in [-0.05, 0) is 62.0 Å². The fourth-order valence-corrected chi connectivity index (χ4v) is 4.44. The Morgan fingerprint density at radius 1 is 1.19 bits per heavy atom. The van der Waals surface area contributed by atoms with Gasteiger partial charge in [-0.3, -0.25) is 0 Å². The van der Waals surface area contributed by atoms with Crippen LogP contribution >= 0.6 is 23.8 Å². The van der Waals surface area contributed by atoms with E-state index in [1.807, 2.05) is 61.2 Å². The molecule has 2 aliphatic rings. The van der Waals surface area contributed by atoms with Crippen molar-refractivity contribution in [3.05, 3.63) is 64.6 Å². The van der Waals surface area contributed by atoms with Gasteiger partial charge in [0.1, 0.15) is 0 Å². The number of halogens is 1. The summed E-state index contributed by atoms with van der Waals surface area (Å²) in [6, 6.07) is 13.0. The van der Waals surface area contributed by atoms with Crippen LogP contribution in [0.25, 0.3) is 17.0 Å². The Hall–Kier alpha value is -3.10. The Bertz CT molecular complexity index is 1210. The number of hydrogen-bond donors (Lipinski definition) is 1. The van der Waals surface area contributed by atoms with Crippen LogP contribution in [0.5, 0.6) is 11.5 Å². The summed E-state index contributed by atoms with van der Waals surface area (Å²) in [5, 5.41) is 8.90. The van der Waals surface area contributed by atoms with E-state index in [0.29, 0.717) is 39.9 Å². The highest BCUT2D eigenvalue weighted by Gasteiger charge is 2.33. The van der Waals surface area contributed by atoms with E-state index < -0.39 is 0 Å². The minimum atomic E-state index is -0.265. The third kappa shape index (κ3) is 3.51. The Labute approximate surface area is 189 Å². The number of hydrogen-bond acceptors (Lipinski definition) is 6. The molecular weight excluding hydrogens is 436 g/mol. The van der Waals surface area contributed by atoms with Crippen molar-refractivity contribution in [3.63, 3.8) is 0 Å². The number of nitrogens with one attached hydrogen (secondary N) is 1. The quantitative estimate of drug-likeness (QED) is 0.563. The zero-order valence-electron chi connectivity index (χ0n) is 16.9. The molecule has 3 heterocycles. The molecule has 3 aromatic rings. The highest BCUT2D eigenvalue weighted by molar-refractivity contribution is 7.80. The van der Waals surface area contributed by atoms with Gasteiger partial charge in [-0.25, -0.2) is 0 Å². The van der Waals surface area contributed by atoms with Crippen molar-refractivity contribution in [1.82, 2.24) is 20.4 Å². The van der Waals surface area contributed by atoms with Crippen LogP contribution in [0.4, 0.5) is 0 Å². The van der Waals surface area contributed by atoms with Gasteiger partial charge in [0, 0.05) is 22.8 Å². The molecule has 2 aliphatic heterocycles. The molecule has 0 saturated heterocycles. The van der Waals surface area contributed by atoms with E-state index in [1.54, 1.807) is 0 Å². The van der Waals surface area contributed by atoms with E-state index in [0.717, 1.165) is 22.4 Å². The van der Waals surface area contributed by atoms with Gasteiger partial charge in [0.25, 0.3) is 5.89 Å². The molecule has 158 valence electrons. The van der Waals surface area contributed by atoms with Crippen molar-refractivity contribution in [2.45, 2.75) is 19.9 Å². The Morgan fingerprint density at radius 2 is 2.03 bits per heavy atom. The number of fused-ring (bicyclic) bond motifs is 1. The van der Waals surface area contributed by atoms with E-state index in [4.69, 9.17) is 42.8 Å². The molecule has 0 aliphatic carbocycles. The first-order valence-electron chi connectivity index (χ1n) is 9.83. The SMILES string of the molecule is CCN1C(=S)NC(c2cccc(Cl)c2)C(c2nc(-c3ccc4c(c3)OCO4)no2)=C1C. The maximum atomic E-state index is 6.26. The zero-order valence-corrected chi connectivity index (χ0v) is 18.5. The van der Waals surface area contributed by atoms with E-state index in [2.05, 4.69) is 10.5 Å². The lowest BCUT2D eigenvalue weighted by Crippen LogP contribution is -2.45. The summed E-state index contributed by atoms with van der Waals surface area (Å²) in [5.41, 5.74) is 3.56. The molecule has 5 rings (SSSR count). The lowest BCUT2D eigenvalue weighted by Gasteiger charge is -2.36. The number of aromatic nitrogens is 2. The van der Waals surface area contributed by atoms with Gasteiger partial charge in [-0.1, -0.05) is 28.9 Å². The van der Waals surface area contributed by atoms with E-state index in [1.165, 1.54) is 0 Å². The molecule has 0 amide bonds. The van der Waals surface area contributed by atoms with Crippen molar-refractivity contribution in [2.75, 3.05) is 13.3 Å². The third-order valence-electron chi connectivity index (χ3n) is 5.38. The summed E-state index contributed by atoms with van der Waals surface area (Å²) in [5.74, 6) is 2.26. The molecule has 0 radical (unpaired) electrons. The van der Waals surface area contributed by atoms with Gasteiger partial charge < -0.3 is 24.2 Å². The van der Waals surface area contributed by atoms with E-state index >= 15 is 0 Å². The summed E-state index contributed by atoms with van der Waals surface area (Å²) in [4.78, 5) is 6.71. The molecule has 0 bridgehead atoms. The highest BCUT2D eigenvalue weighted by atomic mass is 35.5. The predicted molar refractivity (Wildman–Crippen MR) is 121 cm³/mol. The summed E-state index contributed by atoms with van der Waals surface area (Å²) >= 11 is 11.9. The fraction of sp³-hybridized carbons (Fsp3) is 0.227. The molecule has 1 N–H and O–H groups in total. The third-order valence-corrected chi connectivity index (χ3v) is 5.96. The van der Waals surface area contributed by atoms with Gasteiger partial charge in [0.05, 0.1) is 11.6 Å². The molecular formula is C22H19ClN4O3S. The number of nitrogens with zero attached hydrogens (tertiary/aromatic N) is 3.